The van der Waals surface area contributed by atoms with Gasteiger partial charge in [-0.25, -0.2) is 0 Å². The second kappa shape index (κ2) is 5.01. The zero-order valence-electron chi connectivity index (χ0n) is 8.98. The van der Waals surface area contributed by atoms with E-state index in [2.05, 4.69) is 10.3 Å². The maximum atomic E-state index is 10.4. The normalized spacial score (nSPS) is 10.4. The topological polar surface area (TPSA) is 62.2 Å². The van der Waals surface area contributed by atoms with Crippen molar-refractivity contribution in [3.63, 3.8) is 0 Å². The number of rotatable bonds is 4. The predicted molar refractivity (Wildman–Crippen MR) is 67.5 cm³/mol. The summed E-state index contributed by atoms with van der Waals surface area (Å²) in [6.45, 7) is 0.364. The molecule has 4 nitrogen and oxygen atoms in total. The number of carboxylic acids is 1. The molecule has 1 heterocycles. The van der Waals surface area contributed by atoms with Crippen molar-refractivity contribution in [3.05, 3.63) is 35.5 Å². The quantitative estimate of drug-likeness (QED) is 0.876. The smallest absolute Gasteiger partial charge is 0.305 e. The molecular formula is C12H11ClN2O2. The lowest BCUT2D eigenvalue weighted by Gasteiger charge is -2.08. The third-order valence-corrected chi connectivity index (χ3v) is 2.70. The van der Waals surface area contributed by atoms with Gasteiger partial charge in [0.25, 0.3) is 0 Å². The number of hydrogen-bond donors (Lipinski definition) is 2. The number of halogens is 1. The Hall–Kier alpha value is -1.81. The molecule has 0 saturated heterocycles. The van der Waals surface area contributed by atoms with Crippen LogP contribution in [0.2, 0.25) is 5.02 Å². The fourth-order valence-corrected chi connectivity index (χ4v) is 1.80. The standard InChI is InChI=1S/C12H11ClN2O2/c13-9-3-4-10(14-7-5-11(16)17)12-8(9)2-1-6-15-12/h1-4,6,14H,5,7H2,(H,16,17). The summed E-state index contributed by atoms with van der Waals surface area (Å²) in [4.78, 5) is 14.7. The van der Waals surface area contributed by atoms with E-state index in [4.69, 9.17) is 16.7 Å². The summed E-state index contributed by atoms with van der Waals surface area (Å²) in [5.74, 6) is -0.830. The van der Waals surface area contributed by atoms with Crippen molar-refractivity contribution in [3.8, 4) is 0 Å². The first-order valence-electron chi connectivity index (χ1n) is 5.17. The molecular weight excluding hydrogens is 240 g/mol. The second-order valence-corrected chi connectivity index (χ2v) is 3.97. The third-order valence-electron chi connectivity index (χ3n) is 2.37. The van der Waals surface area contributed by atoms with Gasteiger partial charge in [0.1, 0.15) is 0 Å². The zero-order chi connectivity index (χ0) is 12.3. The molecule has 0 radical (unpaired) electrons. The summed E-state index contributed by atoms with van der Waals surface area (Å²) >= 11 is 6.05. The number of benzene rings is 1. The lowest BCUT2D eigenvalue weighted by Crippen LogP contribution is -2.08. The van der Waals surface area contributed by atoms with Crippen LogP contribution in [0.4, 0.5) is 5.69 Å². The molecule has 0 bridgehead atoms. The average molecular weight is 251 g/mol. The lowest BCUT2D eigenvalue weighted by atomic mass is 10.2. The van der Waals surface area contributed by atoms with E-state index in [1.54, 1.807) is 18.3 Å². The molecule has 0 fully saturated rings. The number of fused-ring (bicyclic) bond motifs is 1. The van der Waals surface area contributed by atoms with Gasteiger partial charge in [-0.3, -0.25) is 9.78 Å². The average Bonchev–Trinajstić information content (AvgIpc) is 2.32. The van der Waals surface area contributed by atoms with Crippen molar-refractivity contribution < 1.29 is 9.90 Å². The molecule has 0 saturated carbocycles. The summed E-state index contributed by atoms with van der Waals surface area (Å²) in [6, 6.07) is 7.27. The van der Waals surface area contributed by atoms with E-state index < -0.39 is 5.97 Å². The highest BCUT2D eigenvalue weighted by atomic mass is 35.5. The first-order valence-corrected chi connectivity index (χ1v) is 5.55. The first-order chi connectivity index (χ1) is 8.18. The Morgan fingerprint density at radius 1 is 1.41 bits per heavy atom. The maximum Gasteiger partial charge on any atom is 0.305 e. The van der Waals surface area contributed by atoms with Crippen molar-refractivity contribution >= 4 is 34.2 Å². The molecule has 2 N–H and O–H groups in total. The Morgan fingerprint density at radius 3 is 3.00 bits per heavy atom. The molecule has 2 aromatic rings. The number of hydrogen-bond acceptors (Lipinski definition) is 3. The monoisotopic (exact) mass is 250 g/mol. The molecule has 0 aliphatic carbocycles. The molecule has 0 amide bonds. The number of nitrogens with one attached hydrogen (secondary N) is 1. The van der Waals surface area contributed by atoms with Crippen molar-refractivity contribution in [1.29, 1.82) is 0 Å². The Balaban J connectivity index is 2.28. The highest BCUT2D eigenvalue weighted by Crippen LogP contribution is 2.27. The van der Waals surface area contributed by atoms with Gasteiger partial charge in [-0.15, -0.1) is 0 Å². The number of carbonyl (C=O) groups is 1. The summed E-state index contributed by atoms with van der Waals surface area (Å²) in [5, 5.41) is 13.1. The van der Waals surface area contributed by atoms with Crippen LogP contribution in [-0.4, -0.2) is 22.6 Å². The molecule has 17 heavy (non-hydrogen) atoms. The minimum absolute atomic E-state index is 0.0664. The third kappa shape index (κ3) is 2.65. The number of aliphatic carboxylic acids is 1. The van der Waals surface area contributed by atoms with Crippen molar-refractivity contribution in [2.45, 2.75) is 6.42 Å². The molecule has 0 aliphatic rings. The van der Waals surface area contributed by atoms with E-state index >= 15 is 0 Å². The minimum atomic E-state index is -0.830. The summed E-state index contributed by atoms with van der Waals surface area (Å²) < 4.78 is 0. The Labute approximate surface area is 103 Å². The summed E-state index contributed by atoms with van der Waals surface area (Å²) in [7, 11) is 0. The van der Waals surface area contributed by atoms with Crippen LogP contribution >= 0.6 is 11.6 Å². The zero-order valence-corrected chi connectivity index (χ0v) is 9.74. The number of nitrogens with zero attached hydrogens (tertiary/aromatic N) is 1. The van der Waals surface area contributed by atoms with Crippen LogP contribution in [0.1, 0.15) is 6.42 Å². The van der Waals surface area contributed by atoms with E-state index in [0.717, 1.165) is 16.6 Å². The lowest BCUT2D eigenvalue weighted by molar-refractivity contribution is -0.136. The van der Waals surface area contributed by atoms with Crippen molar-refractivity contribution in [2.75, 3.05) is 11.9 Å². The van der Waals surface area contributed by atoms with Crippen molar-refractivity contribution in [2.24, 2.45) is 0 Å². The SMILES string of the molecule is O=C(O)CCNc1ccc(Cl)c2cccnc12. The molecule has 0 spiro atoms. The minimum Gasteiger partial charge on any atom is -0.481 e. The number of aromatic nitrogens is 1. The van der Waals surface area contributed by atoms with Crippen LogP contribution in [0, 0.1) is 0 Å². The van der Waals surface area contributed by atoms with Crippen LogP contribution < -0.4 is 5.32 Å². The number of anilines is 1. The van der Waals surface area contributed by atoms with Crippen LogP contribution in [0.15, 0.2) is 30.5 Å². The molecule has 0 atom stereocenters. The first kappa shape index (κ1) is 11.7. The van der Waals surface area contributed by atoms with Gasteiger partial charge in [-0.1, -0.05) is 11.6 Å². The van der Waals surface area contributed by atoms with E-state index in [1.807, 2.05) is 12.1 Å². The largest absolute Gasteiger partial charge is 0.481 e. The van der Waals surface area contributed by atoms with Gasteiger partial charge < -0.3 is 10.4 Å². The van der Waals surface area contributed by atoms with Gasteiger partial charge in [0.05, 0.1) is 22.6 Å². The van der Waals surface area contributed by atoms with Crippen LogP contribution in [0.25, 0.3) is 10.9 Å². The van der Waals surface area contributed by atoms with Crippen LogP contribution in [0.3, 0.4) is 0 Å². The highest BCUT2D eigenvalue weighted by Gasteiger charge is 2.05. The molecule has 0 unspecified atom stereocenters. The van der Waals surface area contributed by atoms with E-state index in [9.17, 15) is 4.79 Å². The Kier molecular flexibility index (Phi) is 3.44. The highest BCUT2D eigenvalue weighted by molar-refractivity contribution is 6.35. The van der Waals surface area contributed by atoms with Crippen LogP contribution in [-0.2, 0) is 4.79 Å². The molecule has 0 aliphatic heterocycles. The van der Waals surface area contributed by atoms with E-state index in [1.165, 1.54) is 0 Å². The Morgan fingerprint density at radius 2 is 2.24 bits per heavy atom. The number of carboxylic acid groups (broad SMARTS) is 1. The molecule has 2 rings (SSSR count). The predicted octanol–water partition coefficient (Wildman–Crippen LogP) is 2.77. The van der Waals surface area contributed by atoms with E-state index in [-0.39, 0.29) is 6.42 Å². The van der Waals surface area contributed by atoms with Gasteiger partial charge in [-0.05, 0) is 24.3 Å². The van der Waals surface area contributed by atoms with Gasteiger partial charge in [0.2, 0.25) is 0 Å². The second-order valence-electron chi connectivity index (χ2n) is 3.57. The summed E-state index contributed by atoms with van der Waals surface area (Å²) in [6.07, 6.45) is 1.75. The fourth-order valence-electron chi connectivity index (χ4n) is 1.58. The van der Waals surface area contributed by atoms with Gasteiger partial charge >= 0.3 is 5.97 Å². The van der Waals surface area contributed by atoms with Crippen molar-refractivity contribution in [1.82, 2.24) is 4.98 Å². The Bertz CT molecular complexity index is 557. The maximum absolute atomic E-state index is 10.4. The van der Waals surface area contributed by atoms with Gasteiger partial charge in [0.15, 0.2) is 0 Å². The van der Waals surface area contributed by atoms with Crippen LogP contribution in [0.5, 0.6) is 0 Å². The van der Waals surface area contributed by atoms with Gasteiger partial charge in [0, 0.05) is 18.1 Å². The fraction of sp³-hybridized carbons (Fsp3) is 0.167. The van der Waals surface area contributed by atoms with Gasteiger partial charge in [-0.2, -0.15) is 0 Å². The van der Waals surface area contributed by atoms with E-state index in [0.29, 0.717) is 11.6 Å². The number of pyridine rings is 1. The molecule has 5 heteroatoms. The molecule has 1 aromatic heterocycles. The molecule has 88 valence electrons. The molecule has 1 aromatic carbocycles. The summed E-state index contributed by atoms with van der Waals surface area (Å²) in [5.41, 5.74) is 1.55.